The van der Waals surface area contributed by atoms with Gasteiger partial charge in [0.25, 0.3) is 0 Å². The molecule has 17 heavy (non-hydrogen) atoms. The Morgan fingerprint density at radius 2 is 1.76 bits per heavy atom. The van der Waals surface area contributed by atoms with Crippen LogP contribution in [0.15, 0.2) is 0 Å². The monoisotopic (exact) mass is 256 g/mol. The van der Waals surface area contributed by atoms with Gasteiger partial charge in [-0.25, -0.2) is 0 Å². The minimum atomic E-state index is 0.152. The second-order valence-corrected chi connectivity index (χ2v) is 4.72. The van der Waals surface area contributed by atoms with Gasteiger partial charge < -0.3 is 10.6 Å². The molecule has 0 aromatic carbocycles. The highest BCUT2D eigenvalue weighted by molar-refractivity contribution is 6.28. The molecule has 6 nitrogen and oxygen atoms in total. The summed E-state index contributed by atoms with van der Waals surface area (Å²) in [6.45, 7) is 8.18. The normalized spacial score (nSPS) is 17.8. The number of hydrogen-bond donors (Lipinski definition) is 1. The van der Waals surface area contributed by atoms with Crippen LogP contribution in [-0.2, 0) is 0 Å². The van der Waals surface area contributed by atoms with Gasteiger partial charge in [0.15, 0.2) is 0 Å². The van der Waals surface area contributed by atoms with Gasteiger partial charge in [-0.3, -0.25) is 4.90 Å². The van der Waals surface area contributed by atoms with Crippen LogP contribution in [0.5, 0.6) is 0 Å². The molecule has 2 heterocycles. The van der Waals surface area contributed by atoms with Crippen LogP contribution in [0.2, 0.25) is 5.28 Å². The lowest BCUT2D eigenvalue weighted by molar-refractivity contribution is 0.208. The van der Waals surface area contributed by atoms with Crippen LogP contribution in [0.3, 0.4) is 0 Å². The molecule has 0 bridgehead atoms. The third-order valence-corrected chi connectivity index (χ3v) is 3.11. The maximum absolute atomic E-state index is 5.77. The van der Waals surface area contributed by atoms with Crippen molar-refractivity contribution in [1.82, 2.24) is 19.9 Å². The van der Waals surface area contributed by atoms with Gasteiger partial charge in [0.05, 0.1) is 0 Å². The van der Waals surface area contributed by atoms with Crippen LogP contribution in [0, 0.1) is 0 Å². The first-order chi connectivity index (χ1) is 8.06. The summed E-state index contributed by atoms with van der Waals surface area (Å²) >= 11 is 5.77. The number of piperazine rings is 1. The quantitative estimate of drug-likeness (QED) is 0.837. The maximum atomic E-state index is 5.77. The van der Waals surface area contributed by atoms with E-state index in [-0.39, 0.29) is 11.2 Å². The average Bonchev–Trinajstić information content (AvgIpc) is 2.28. The number of aromatic nitrogens is 3. The van der Waals surface area contributed by atoms with E-state index in [2.05, 4.69) is 38.6 Å². The van der Waals surface area contributed by atoms with Crippen molar-refractivity contribution in [1.29, 1.82) is 0 Å². The largest absolute Gasteiger partial charge is 0.368 e. The lowest BCUT2D eigenvalue weighted by atomic mass is 10.2. The van der Waals surface area contributed by atoms with E-state index in [0.29, 0.717) is 12.0 Å². The van der Waals surface area contributed by atoms with Crippen molar-refractivity contribution in [3.05, 3.63) is 5.28 Å². The Balaban J connectivity index is 2.05. The van der Waals surface area contributed by atoms with Crippen LogP contribution in [-0.4, -0.2) is 52.1 Å². The van der Waals surface area contributed by atoms with Crippen molar-refractivity contribution in [3.8, 4) is 0 Å². The van der Waals surface area contributed by atoms with Gasteiger partial charge in [0, 0.05) is 32.2 Å². The molecule has 0 aliphatic carbocycles. The Hall–Kier alpha value is -1.14. The van der Waals surface area contributed by atoms with Crippen molar-refractivity contribution in [2.24, 2.45) is 0 Å². The summed E-state index contributed by atoms with van der Waals surface area (Å²) in [5.41, 5.74) is 5.56. The summed E-state index contributed by atoms with van der Waals surface area (Å²) in [7, 11) is 0. The molecule has 2 N–H and O–H groups in total. The Labute approximate surface area is 106 Å². The van der Waals surface area contributed by atoms with Gasteiger partial charge in [-0.05, 0) is 25.4 Å². The molecular formula is C10H17ClN6. The molecule has 1 aliphatic heterocycles. The van der Waals surface area contributed by atoms with Gasteiger partial charge in [0.1, 0.15) is 0 Å². The van der Waals surface area contributed by atoms with Crippen molar-refractivity contribution in [3.63, 3.8) is 0 Å². The van der Waals surface area contributed by atoms with E-state index in [4.69, 9.17) is 17.3 Å². The molecule has 0 amide bonds. The Kier molecular flexibility index (Phi) is 3.63. The van der Waals surface area contributed by atoms with Gasteiger partial charge >= 0.3 is 0 Å². The van der Waals surface area contributed by atoms with E-state index < -0.39 is 0 Å². The minimum Gasteiger partial charge on any atom is -0.368 e. The highest BCUT2D eigenvalue weighted by atomic mass is 35.5. The molecule has 0 saturated carbocycles. The van der Waals surface area contributed by atoms with Crippen molar-refractivity contribution in [2.75, 3.05) is 36.8 Å². The molecule has 1 aliphatic rings. The summed E-state index contributed by atoms with van der Waals surface area (Å²) in [6.07, 6.45) is 0. The second kappa shape index (κ2) is 5.01. The summed E-state index contributed by atoms with van der Waals surface area (Å²) in [5, 5.41) is 0.152. The predicted molar refractivity (Wildman–Crippen MR) is 68.2 cm³/mol. The number of anilines is 2. The van der Waals surface area contributed by atoms with Crippen molar-refractivity contribution >= 4 is 23.5 Å². The molecule has 7 heteroatoms. The molecule has 0 spiro atoms. The molecule has 1 saturated heterocycles. The molecule has 1 aromatic rings. The zero-order valence-electron chi connectivity index (χ0n) is 10.1. The lowest BCUT2D eigenvalue weighted by Crippen LogP contribution is -2.49. The minimum absolute atomic E-state index is 0.152. The Morgan fingerprint density at radius 3 is 2.29 bits per heavy atom. The van der Waals surface area contributed by atoms with Crippen LogP contribution in [0.25, 0.3) is 0 Å². The number of nitrogen functional groups attached to an aromatic ring is 1. The first-order valence-corrected chi connectivity index (χ1v) is 6.10. The molecule has 0 unspecified atom stereocenters. The van der Waals surface area contributed by atoms with E-state index in [0.717, 1.165) is 26.2 Å². The van der Waals surface area contributed by atoms with Gasteiger partial charge in [-0.15, -0.1) is 0 Å². The zero-order valence-corrected chi connectivity index (χ0v) is 10.9. The molecule has 0 radical (unpaired) electrons. The molecule has 94 valence electrons. The van der Waals surface area contributed by atoms with E-state index in [1.54, 1.807) is 0 Å². The smallest absolute Gasteiger partial charge is 0.231 e. The van der Waals surface area contributed by atoms with Crippen LogP contribution in [0.4, 0.5) is 11.9 Å². The van der Waals surface area contributed by atoms with Crippen LogP contribution >= 0.6 is 11.6 Å². The third-order valence-electron chi connectivity index (χ3n) is 2.94. The standard InChI is InChI=1S/C10H17ClN6/c1-7(2)16-3-5-17(6-4-16)10-14-8(11)13-9(12)15-10/h7H,3-6H2,1-2H3,(H2,12,13,14,15). The fourth-order valence-corrected chi connectivity index (χ4v) is 2.10. The highest BCUT2D eigenvalue weighted by Crippen LogP contribution is 2.15. The lowest BCUT2D eigenvalue weighted by Gasteiger charge is -2.36. The SMILES string of the molecule is CC(C)N1CCN(c2nc(N)nc(Cl)n2)CC1. The Bertz CT molecular complexity index is 368. The summed E-state index contributed by atoms with van der Waals surface area (Å²) in [5.74, 6) is 0.747. The molecule has 0 atom stereocenters. The molecular weight excluding hydrogens is 240 g/mol. The average molecular weight is 257 g/mol. The fourth-order valence-electron chi connectivity index (χ4n) is 1.93. The molecule has 2 rings (SSSR count). The van der Waals surface area contributed by atoms with Crippen LogP contribution in [0.1, 0.15) is 13.8 Å². The Morgan fingerprint density at radius 1 is 1.12 bits per heavy atom. The summed E-state index contributed by atoms with van der Waals surface area (Å²) in [4.78, 5) is 16.5. The number of hydrogen-bond acceptors (Lipinski definition) is 6. The van der Waals surface area contributed by atoms with Gasteiger partial charge in [-0.1, -0.05) is 0 Å². The number of nitrogens with two attached hydrogens (primary N) is 1. The summed E-state index contributed by atoms with van der Waals surface area (Å²) in [6, 6.07) is 0.573. The molecule has 1 aromatic heterocycles. The summed E-state index contributed by atoms with van der Waals surface area (Å²) < 4.78 is 0. The highest BCUT2D eigenvalue weighted by Gasteiger charge is 2.21. The first kappa shape index (κ1) is 12.3. The molecule has 1 fully saturated rings. The second-order valence-electron chi connectivity index (χ2n) is 4.38. The van der Waals surface area contributed by atoms with E-state index in [1.807, 2.05) is 0 Å². The first-order valence-electron chi connectivity index (χ1n) is 5.72. The van der Waals surface area contributed by atoms with Gasteiger partial charge in [-0.2, -0.15) is 15.0 Å². The van der Waals surface area contributed by atoms with E-state index >= 15 is 0 Å². The van der Waals surface area contributed by atoms with Crippen molar-refractivity contribution in [2.45, 2.75) is 19.9 Å². The maximum Gasteiger partial charge on any atom is 0.231 e. The number of nitrogens with zero attached hydrogens (tertiary/aromatic N) is 5. The predicted octanol–water partition coefficient (Wildman–Crippen LogP) is 0.638. The number of halogens is 1. The fraction of sp³-hybridized carbons (Fsp3) is 0.700. The zero-order chi connectivity index (χ0) is 12.4. The number of rotatable bonds is 2. The van der Waals surface area contributed by atoms with E-state index in [1.165, 1.54) is 0 Å². The van der Waals surface area contributed by atoms with E-state index in [9.17, 15) is 0 Å². The third kappa shape index (κ3) is 2.95. The van der Waals surface area contributed by atoms with Crippen LogP contribution < -0.4 is 10.6 Å². The van der Waals surface area contributed by atoms with Gasteiger partial charge in [0.2, 0.25) is 17.2 Å². The van der Waals surface area contributed by atoms with Crippen molar-refractivity contribution < 1.29 is 0 Å². The topological polar surface area (TPSA) is 71.2 Å².